The van der Waals surface area contributed by atoms with Gasteiger partial charge in [-0.3, -0.25) is 0 Å². The number of carbonyl (C=O) groups is 1. The van der Waals surface area contributed by atoms with Crippen LogP contribution in [0.2, 0.25) is 0 Å². The topological polar surface area (TPSA) is 111 Å². The van der Waals surface area contributed by atoms with Crippen LogP contribution in [-0.4, -0.2) is 40.3 Å². The van der Waals surface area contributed by atoms with Crippen LogP contribution in [0.4, 0.5) is 0 Å². The summed E-state index contributed by atoms with van der Waals surface area (Å²) in [5, 5.41) is 8.93. The average molecular weight is 498 g/mol. The molecule has 3 aromatic rings. The van der Waals surface area contributed by atoms with Crippen molar-refractivity contribution in [1.29, 1.82) is 0 Å². The first-order chi connectivity index (χ1) is 16.8. The zero-order valence-corrected chi connectivity index (χ0v) is 20.3. The molecule has 0 bridgehead atoms. The molecule has 0 aromatic heterocycles. The van der Waals surface area contributed by atoms with Crippen LogP contribution in [0.15, 0.2) is 65.6 Å². The predicted molar refractivity (Wildman–Crippen MR) is 131 cm³/mol. The summed E-state index contributed by atoms with van der Waals surface area (Å²) in [5.41, 5.74) is 3.23. The van der Waals surface area contributed by atoms with E-state index in [9.17, 15) is 13.2 Å². The van der Waals surface area contributed by atoms with Crippen molar-refractivity contribution in [1.82, 2.24) is 4.72 Å². The molecule has 1 aliphatic carbocycles. The van der Waals surface area contributed by atoms with Gasteiger partial charge in [0.05, 0.1) is 19.1 Å². The van der Waals surface area contributed by atoms with Gasteiger partial charge in [0, 0.05) is 11.6 Å². The van der Waals surface area contributed by atoms with Gasteiger partial charge in [-0.15, -0.1) is 0 Å². The maximum absolute atomic E-state index is 13.2. The van der Waals surface area contributed by atoms with Crippen molar-refractivity contribution in [3.63, 3.8) is 0 Å². The third-order valence-corrected chi connectivity index (χ3v) is 7.48. The number of benzene rings is 3. The van der Waals surface area contributed by atoms with E-state index in [1.807, 2.05) is 12.1 Å². The quantitative estimate of drug-likeness (QED) is 0.456. The molecular formula is C26H27NO7S. The Bertz CT molecular complexity index is 1320. The summed E-state index contributed by atoms with van der Waals surface area (Å²) < 4.78 is 45.4. The molecule has 8 nitrogen and oxygen atoms in total. The number of ether oxygens (including phenoxy) is 3. The summed E-state index contributed by atoms with van der Waals surface area (Å²) in [6.07, 6.45) is 2.08. The molecule has 1 unspecified atom stereocenters. The number of fused-ring (bicyclic) bond motifs is 1. The highest BCUT2D eigenvalue weighted by atomic mass is 32.2. The smallest absolute Gasteiger partial charge is 0.341 e. The van der Waals surface area contributed by atoms with Gasteiger partial charge in [-0.1, -0.05) is 24.3 Å². The van der Waals surface area contributed by atoms with Crippen LogP contribution in [0.5, 0.6) is 17.2 Å². The lowest BCUT2D eigenvalue weighted by atomic mass is 9.87. The fourth-order valence-corrected chi connectivity index (χ4v) is 5.57. The van der Waals surface area contributed by atoms with E-state index >= 15 is 0 Å². The number of carboxylic acid groups (broad SMARTS) is 1. The molecule has 3 aromatic carbocycles. The maximum Gasteiger partial charge on any atom is 0.341 e. The van der Waals surface area contributed by atoms with Crippen LogP contribution in [0.3, 0.4) is 0 Å². The minimum absolute atomic E-state index is 0.147. The van der Waals surface area contributed by atoms with Gasteiger partial charge >= 0.3 is 5.97 Å². The molecule has 0 radical (unpaired) electrons. The van der Waals surface area contributed by atoms with Crippen molar-refractivity contribution in [2.45, 2.75) is 30.2 Å². The number of nitrogens with one attached hydrogen (secondary N) is 1. The van der Waals surface area contributed by atoms with E-state index in [0.717, 1.165) is 28.7 Å². The van der Waals surface area contributed by atoms with Crippen LogP contribution in [0, 0.1) is 0 Å². The van der Waals surface area contributed by atoms with Gasteiger partial charge in [-0.2, -0.15) is 0 Å². The minimum atomic E-state index is -3.81. The molecule has 9 heteroatoms. The van der Waals surface area contributed by atoms with Crippen LogP contribution in [-0.2, 0) is 21.2 Å². The van der Waals surface area contributed by atoms with Gasteiger partial charge in [-0.05, 0) is 72.4 Å². The van der Waals surface area contributed by atoms with Gasteiger partial charge in [0.15, 0.2) is 6.61 Å². The molecular weight excluding hydrogens is 470 g/mol. The first-order valence-corrected chi connectivity index (χ1v) is 12.6. The average Bonchev–Trinajstić information content (AvgIpc) is 2.87. The van der Waals surface area contributed by atoms with Gasteiger partial charge in [0.2, 0.25) is 10.0 Å². The maximum atomic E-state index is 13.2. The molecule has 0 fully saturated rings. The number of aliphatic carboxylic acids is 1. The predicted octanol–water partition coefficient (Wildman–Crippen LogP) is 4.19. The van der Waals surface area contributed by atoms with Crippen molar-refractivity contribution in [3.05, 3.63) is 71.8 Å². The molecule has 0 heterocycles. The van der Waals surface area contributed by atoms with Crippen molar-refractivity contribution in [2.75, 3.05) is 20.8 Å². The Kier molecular flexibility index (Phi) is 7.28. The normalized spacial score (nSPS) is 15.2. The first-order valence-electron chi connectivity index (χ1n) is 11.1. The lowest BCUT2D eigenvalue weighted by molar-refractivity contribution is -0.139. The Balaban J connectivity index is 1.58. The second-order valence-corrected chi connectivity index (χ2v) is 9.88. The number of methoxy groups -OCH3 is 2. The third kappa shape index (κ3) is 5.41. The highest BCUT2D eigenvalue weighted by Gasteiger charge is 2.27. The largest absolute Gasteiger partial charge is 0.497 e. The molecule has 1 atom stereocenters. The number of hydrogen-bond acceptors (Lipinski definition) is 6. The number of sulfonamides is 1. The lowest BCUT2D eigenvalue weighted by Crippen LogP contribution is -2.31. The molecule has 0 saturated heterocycles. The monoisotopic (exact) mass is 497 g/mol. The molecule has 0 saturated carbocycles. The Morgan fingerprint density at radius 2 is 1.80 bits per heavy atom. The molecule has 4 rings (SSSR count). The molecule has 2 N–H and O–H groups in total. The van der Waals surface area contributed by atoms with Gasteiger partial charge in [0.1, 0.15) is 17.2 Å². The fourth-order valence-electron chi connectivity index (χ4n) is 4.32. The van der Waals surface area contributed by atoms with Gasteiger partial charge in [-0.25, -0.2) is 17.9 Å². The minimum Gasteiger partial charge on any atom is -0.497 e. The number of carboxylic acids is 1. The zero-order chi connectivity index (χ0) is 25.0. The second-order valence-electron chi connectivity index (χ2n) is 8.16. The van der Waals surface area contributed by atoms with Crippen molar-refractivity contribution >= 4 is 16.0 Å². The highest BCUT2D eigenvalue weighted by Crippen LogP contribution is 2.37. The van der Waals surface area contributed by atoms with E-state index in [1.165, 1.54) is 0 Å². The van der Waals surface area contributed by atoms with Gasteiger partial charge < -0.3 is 19.3 Å². The van der Waals surface area contributed by atoms with Gasteiger partial charge in [0.25, 0.3) is 0 Å². The van der Waals surface area contributed by atoms with Crippen LogP contribution >= 0.6 is 0 Å². The SMILES string of the molecule is COc1ccc(OC)c(-c2ccc(S(=O)(=O)NC3CCCc4c(OCC(=O)O)cccc43)cc2)c1. The summed E-state index contributed by atoms with van der Waals surface area (Å²) in [5.74, 6) is 0.733. The van der Waals surface area contributed by atoms with Crippen molar-refractivity contribution in [3.8, 4) is 28.4 Å². The third-order valence-electron chi connectivity index (χ3n) is 6.00. The van der Waals surface area contributed by atoms with Crippen LogP contribution in [0.1, 0.15) is 30.0 Å². The van der Waals surface area contributed by atoms with Crippen molar-refractivity contribution < 1.29 is 32.5 Å². The molecule has 184 valence electrons. The molecule has 0 spiro atoms. The molecule has 1 aliphatic rings. The Hall–Kier alpha value is -3.56. The second kappa shape index (κ2) is 10.4. The lowest BCUT2D eigenvalue weighted by Gasteiger charge is -2.27. The van der Waals surface area contributed by atoms with Crippen LogP contribution in [0.25, 0.3) is 11.1 Å². The Labute approximate surface area is 204 Å². The van der Waals surface area contributed by atoms with Crippen molar-refractivity contribution in [2.24, 2.45) is 0 Å². The van der Waals surface area contributed by atoms with E-state index in [2.05, 4.69) is 4.72 Å². The van der Waals surface area contributed by atoms with E-state index in [0.29, 0.717) is 30.1 Å². The van der Waals surface area contributed by atoms with E-state index < -0.39 is 28.6 Å². The first kappa shape index (κ1) is 24.6. The molecule has 0 amide bonds. The number of hydrogen-bond donors (Lipinski definition) is 2. The molecule has 0 aliphatic heterocycles. The molecule has 35 heavy (non-hydrogen) atoms. The van der Waals surface area contributed by atoms with E-state index in [4.69, 9.17) is 19.3 Å². The zero-order valence-electron chi connectivity index (χ0n) is 19.5. The number of rotatable bonds is 9. The van der Waals surface area contributed by atoms with E-state index in [1.54, 1.807) is 62.8 Å². The Morgan fingerprint density at radius 3 is 2.49 bits per heavy atom. The summed E-state index contributed by atoms with van der Waals surface area (Å²) in [6, 6.07) is 16.9. The van der Waals surface area contributed by atoms with E-state index in [-0.39, 0.29) is 4.90 Å². The Morgan fingerprint density at radius 1 is 1.03 bits per heavy atom. The highest BCUT2D eigenvalue weighted by molar-refractivity contribution is 7.89. The standard InChI is InChI=1S/C26H27NO7S/c1-32-18-11-14-24(33-2)22(15-18)17-9-12-19(13-10-17)35(30,31)27-23-7-3-6-21-20(23)5-4-8-25(21)34-16-26(28)29/h4-5,8-15,23,27H,3,6-7,16H2,1-2H3,(H,28,29). The van der Waals surface area contributed by atoms with Crippen LogP contribution < -0.4 is 18.9 Å². The fraction of sp³-hybridized carbons (Fsp3) is 0.269. The summed E-state index contributed by atoms with van der Waals surface area (Å²) in [4.78, 5) is 11.0. The summed E-state index contributed by atoms with van der Waals surface area (Å²) in [6.45, 7) is -0.447. The summed E-state index contributed by atoms with van der Waals surface area (Å²) >= 11 is 0. The summed E-state index contributed by atoms with van der Waals surface area (Å²) in [7, 11) is -0.651.